The number of likely N-dealkylation sites (tertiary alicyclic amines) is 1. The molecule has 158 valence electrons. The molecule has 3 rings (SSSR count). The van der Waals surface area contributed by atoms with Gasteiger partial charge in [-0.05, 0) is 43.0 Å². The largest absolute Gasteiger partial charge is 0.405 e. The first kappa shape index (κ1) is 22.1. The van der Waals surface area contributed by atoms with Gasteiger partial charge in [-0.3, -0.25) is 0 Å². The van der Waals surface area contributed by atoms with Crippen molar-refractivity contribution in [1.29, 1.82) is 0 Å². The van der Waals surface area contributed by atoms with Crippen molar-refractivity contribution in [3.8, 4) is 0 Å². The topological polar surface area (TPSA) is 65.1 Å². The van der Waals surface area contributed by atoms with Gasteiger partial charge in [0.25, 0.3) is 0 Å². The number of carbonyl (C=O) groups excluding carboxylic acids is 2. The summed E-state index contributed by atoms with van der Waals surface area (Å²) in [4.78, 5) is 26.3. The monoisotopic (exact) mass is 441 g/mol. The van der Waals surface area contributed by atoms with Crippen molar-refractivity contribution in [1.82, 2.24) is 4.90 Å². The first-order chi connectivity index (χ1) is 13.7. The predicted octanol–water partition coefficient (Wildman–Crippen LogP) is 4.01. The first-order valence-electron chi connectivity index (χ1n) is 9.61. The molecular weight excluding hydrogens is 417 g/mol. The van der Waals surface area contributed by atoms with Gasteiger partial charge in [-0.2, -0.15) is 0 Å². The van der Waals surface area contributed by atoms with Crippen molar-refractivity contribution in [3.05, 3.63) is 46.0 Å². The molecule has 0 bridgehead atoms. The molecule has 0 N–H and O–H groups in total. The van der Waals surface area contributed by atoms with Crippen LogP contribution in [0.5, 0.6) is 0 Å². The molecule has 0 aliphatic carbocycles. The minimum atomic E-state index is -1.57. The smallest absolute Gasteiger partial charge is 0.335 e. The number of hydrogen-bond donors (Lipinski definition) is 0. The second kappa shape index (κ2) is 9.04. The van der Waals surface area contributed by atoms with Crippen LogP contribution in [0.3, 0.4) is 0 Å². The van der Waals surface area contributed by atoms with Gasteiger partial charge in [0.1, 0.15) is 0 Å². The van der Waals surface area contributed by atoms with Crippen LogP contribution in [0.1, 0.15) is 31.7 Å². The Labute approximate surface area is 180 Å². The van der Waals surface area contributed by atoms with Crippen LogP contribution >= 0.6 is 23.2 Å². The summed E-state index contributed by atoms with van der Waals surface area (Å²) in [5, 5.41) is 0.901. The van der Waals surface area contributed by atoms with Gasteiger partial charge >= 0.3 is 17.8 Å². The fraction of sp³-hybridized carbons (Fsp3) is 0.524. The molecule has 8 heteroatoms. The van der Waals surface area contributed by atoms with Crippen LogP contribution in [0.15, 0.2) is 30.4 Å². The third-order valence-corrected chi connectivity index (χ3v) is 5.97. The van der Waals surface area contributed by atoms with Gasteiger partial charge in [0, 0.05) is 25.3 Å². The molecule has 2 heterocycles. The highest BCUT2D eigenvalue weighted by Gasteiger charge is 2.56. The lowest BCUT2D eigenvalue weighted by molar-refractivity contribution is -0.320. The Morgan fingerprint density at radius 1 is 1.17 bits per heavy atom. The van der Waals surface area contributed by atoms with Crippen LogP contribution in [-0.2, 0) is 23.8 Å². The summed E-state index contributed by atoms with van der Waals surface area (Å²) in [6.07, 6.45) is 2.91. The molecule has 1 aromatic rings. The van der Waals surface area contributed by atoms with Gasteiger partial charge in [-0.15, -0.1) is 0 Å². The van der Waals surface area contributed by atoms with Crippen molar-refractivity contribution >= 4 is 35.1 Å². The summed E-state index contributed by atoms with van der Waals surface area (Å²) >= 11 is 12.3. The van der Waals surface area contributed by atoms with Crippen LogP contribution in [0.4, 0.5) is 0 Å². The maximum Gasteiger partial charge on any atom is 0.335 e. The third kappa shape index (κ3) is 4.77. The second-order valence-corrected chi connectivity index (χ2v) is 8.65. The number of halogens is 2. The first-order valence-corrected chi connectivity index (χ1v) is 10.4. The van der Waals surface area contributed by atoms with E-state index in [1.165, 1.54) is 0 Å². The normalized spacial score (nSPS) is 24.5. The molecule has 29 heavy (non-hydrogen) atoms. The van der Waals surface area contributed by atoms with Crippen LogP contribution in [0, 0.1) is 11.8 Å². The van der Waals surface area contributed by atoms with Crippen molar-refractivity contribution < 1.29 is 23.8 Å². The summed E-state index contributed by atoms with van der Waals surface area (Å²) in [7, 11) is 1.77. The fourth-order valence-corrected chi connectivity index (χ4v) is 4.15. The molecule has 0 saturated carbocycles. The van der Waals surface area contributed by atoms with Gasteiger partial charge in [0.05, 0.1) is 22.6 Å². The molecule has 2 aliphatic rings. The van der Waals surface area contributed by atoms with E-state index in [4.69, 9.17) is 37.4 Å². The average molecular weight is 442 g/mol. The fourth-order valence-electron chi connectivity index (χ4n) is 3.84. The minimum Gasteiger partial charge on any atom is -0.405 e. The Morgan fingerprint density at radius 2 is 1.83 bits per heavy atom. The second-order valence-electron chi connectivity index (χ2n) is 7.83. The van der Waals surface area contributed by atoms with Crippen molar-refractivity contribution in [3.63, 3.8) is 0 Å². The molecule has 2 aliphatic heterocycles. The number of esters is 2. The van der Waals surface area contributed by atoms with E-state index in [-0.39, 0.29) is 12.5 Å². The summed E-state index contributed by atoms with van der Waals surface area (Å²) in [5.41, 5.74) is 0.925. The zero-order chi connectivity index (χ0) is 21.2. The summed E-state index contributed by atoms with van der Waals surface area (Å²) in [6.45, 7) is 5.42. The Balaban J connectivity index is 2.02. The number of carbonyl (C=O) groups is 2. The van der Waals surface area contributed by atoms with Gasteiger partial charge in [-0.1, -0.05) is 43.1 Å². The number of ether oxygens (including phenoxy) is 3. The van der Waals surface area contributed by atoms with Crippen molar-refractivity contribution in [2.75, 3.05) is 26.8 Å². The van der Waals surface area contributed by atoms with E-state index in [9.17, 15) is 9.59 Å². The summed E-state index contributed by atoms with van der Waals surface area (Å²) in [5.74, 6) is -3.07. The number of benzene rings is 1. The summed E-state index contributed by atoms with van der Waals surface area (Å²) < 4.78 is 17.4. The zero-order valence-corrected chi connectivity index (χ0v) is 18.2. The van der Waals surface area contributed by atoms with E-state index >= 15 is 0 Å². The third-order valence-electron chi connectivity index (χ3n) is 5.23. The van der Waals surface area contributed by atoms with E-state index in [0.717, 1.165) is 24.1 Å². The molecule has 1 fully saturated rings. The molecule has 1 aromatic carbocycles. The van der Waals surface area contributed by atoms with Gasteiger partial charge in [-0.25, -0.2) is 14.5 Å². The molecule has 6 nitrogen and oxygen atoms in total. The number of piperidine rings is 1. The van der Waals surface area contributed by atoms with Crippen LogP contribution in [-0.4, -0.2) is 49.6 Å². The van der Waals surface area contributed by atoms with E-state index in [0.29, 0.717) is 29.1 Å². The quantitative estimate of drug-likeness (QED) is 0.643. The Kier molecular flexibility index (Phi) is 6.89. The maximum atomic E-state index is 12.3. The highest BCUT2D eigenvalue weighted by atomic mass is 35.5. The zero-order valence-electron chi connectivity index (χ0n) is 16.7. The number of nitrogens with zero attached hydrogens (tertiary/aromatic N) is 1. The lowest BCUT2D eigenvalue weighted by Crippen LogP contribution is -2.63. The number of hydrogen-bond acceptors (Lipinski definition) is 6. The Morgan fingerprint density at radius 3 is 2.41 bits per heavy atom. The molecule has 0 radical (unpaired) electrons. The van der Waals surface area contributed by atoms with Crippen molar-refractivity contribution in [2.45, 2.75) is 32.1 Å². The SMILES string of the molecule is CC(C)COCC1C(c2ccc(Cl)c(Cl)c2)CCN(C)C12OC(=O)C=CC(=O)O2. The van der Waals surface area contributed by atoms with Gasteiger partial charge in [0.15, 0.2) is 0 Å². The van der Waals surface area contributed by atoms with Crippen LogP contribution in [0.25, 0.3) is 0 Å². The van der Waals surface area contributed by atoms with E-state index in [2.05, 4.69) is 13.8 Å². The molecule has 2 unspecified atom stereocenters. The van der Waals surface area contributed by atoms with Crippen LogP contribution in [0.2, 0.25) is 10.0 Å². The Bertz CT molecular complexity index is 790. The number of rotatable bonds is 5. The molecule has 0 aromatic heterocycles. The molecular formula is C21H25Cl2NO5. The Hall–Kier alpha value is -1.60. The molecule has 1 saturated heterocycles. The summed E-state index contributed by atoms with van der Waals surface area (Å²) in [6, 6.07) is 5.44. The highest BCUT2D eigenvalue weighted by molar-refractivity contribution is 6.42. The molecule has 1 spiro atoms. The lowest BCUT2D eigenvalue weighted by Gasteiger charge is -2.50. The standard InChI is InChI=1S/C21H25Cl2NO5/c1-13(2)11-27-12-16-15(14-4-5-17(22)18(23)10-14)8-9-24(3)21(16)28-19(25)6-7-20(26)29-21/h4-7,10,13,15-16H,8-9,11-12H2,1-3H3. The predicted molar refractivity (Wildman–Crippen MR) is 110 cm³/mol. The average Bonchev–Trinajstić information content (AvgIpc) is 2.80. The van der Waals surface area contributed by atoms with E-state index < -0.39 is 23.8 Å². The van der Waals surface area contributed by atoms with E-state index in [1.807, 2.05) is 12.1 Å². The maximum absolute atomic E-state index is 12.3. The molecule has 0 amide bonds. The van der Waals surface area contributed by atoms with Crippen LogP contribution < -0.4 is 0 Å². The van der Waals surface area contributed by atoms with Crippen molar-refractivity contribution in [2.24, 2.45) is 11.8 Å². The molecule has 2 atom stereocenters. The highest BCUT2D eigenvalue weighted by Crippen LogP contribution is 2.46. The minimum absolute atomic E-state index is 0.119. The van der Waals surface area contributed by atoms with Gasteiger partial charge < -0.3 is 14.2 Å². The van der Waals surface area contributed by atoms with Gasteiger partial charge in [0.2, 0.25) is 0 Å². The van der Waals surface area contributed by atoms with E-state index in [1.54, 1.807) is 18.0 Å². The lowest BCUT2D eigenvalue weighted by atomic mass is 9.78.